The summed E-state index contributed by atoms with van der Waals surface area (Å²) in [5, 5.41) is 10.1. The SMILES string of the molecule is Cc1cccc2c1N(C(=O)OC(C)(C)C)CCN2c1cc2cnc(S(C)(=O)=O)nc2n(C2CC(O)C2)c1=O. The van der Waals surface area contributed by atoms with E-state index in [-0.39, 0.29) is 28.9 Å². The van der Waals surface area contributed by atoms with Gasteiger partial charge >= 0.3 is 6.09 Å². The Labute approximate surface area is 220 Å². The molecule has 1 aliphatic heterocycles. The number of rotatable bonds is 3. The number of hydrogen-bond donors (Lipinski definition) is 1. The van der Waals surface area contributed by atoms with Crippen LogP contribution >= 0.6 is 0 Å². The molecule has 2 aromatic heterocycles. The number of carbonyl (C=O) groups excluding carboxylic acids is 1. The predicted molar refractivity (Wildman–Crippen MR) is 143 cm³/mol. The molecule has 1 amide bonds. The summed E-state index contributed by atoms with van der Waals surface area (Å²) in [6.45, 7) is 7.95. The van der Waals surface area contributed by atoms with E-state index in [4.69, 9.17) is 4.74 Å². The van der Waals surface area contributed by atoms with E-state index in [0.717, 1.165) is 11.8 Å². The maximum atomic E-state index is 14.0. The number of ether oxygens (including phenoxy) is 1. The van der Waals surface area contributed by atoms with Crippen LogP contribution in [-0.4, -0.2) is 65.2 Å². The number of benzene rings is 1. The number of hydrogen-bond acceptors (Lipinski definition) is 9. The summed E-state index contributed by atoms with van der Waals surface area (Å²) in [6, 6.07) is 6.94. The molecule has 1 aliphatic carbocycles. The van der Waals surface area contributed by atoms with E-state index in [1.807, 2.05) is 50.8 Å². The van der Waals surface area contributed by atoms with Crippen molar-refractivity contribution in [2.45, 2.75) is 63.4 Å². The predicted octanol–water partition coefficient (Wildman–Crippen LogP) is 3.09. The molecule has 0 atom stereocenters. The molecule has 12 heteroatoms. The highest BCUT2D eigenvalue weighted by Crippen LogP contribution is 2.41. The zero-order valence-corrected chi connectivity index (χ0v) is 22.8. The minimum absolute atomic E-state index is 0.211. The van der Waals surface area contributed by atoms with Gasteiger partial charge in [-0.05, 0) is 58.2 Å². The van der Waals surface area contributed by atoms with Crippen molar-refractivity contribution in [2.75, 3.05) is 29.1 Å². The number of pyridine rings is 1. The second-order valence-electron chi connectivity index (χ2n) is 10.9. The van der Waals surface area contributed by atoms with Gasteiger partial charge in [-0.25, -0.2) is 18.2 Å². The van der Waals surface area contributed by atoms with Crippen LogP contribution in [-0.2, 0) is 14.6 Å². The first kappa shape index (κ1) is 26.1. The van der Waals surface area contributed by atoms with Crippen LogP contribution in [0.3, 0.4) is 0 Å². The van der Waals surface area contributed by atoms with Crippen molar-refractivity contribution in [3.05, 3.63) is 46.4 Å². The zero-order valence-electron chi connectivity index (χ0n) is 22.0. The van der Waals surface area contributed by atoms with Crippen LogP contribution < -0.4 is 15.4 Å². The maximum absolute atomic E-state index is 14.0. The number of nitrogens with zero attached hydrogens (tertiary/aromatic N) is 5. The molecule has 202 valence electrons. The maximum Gasteiger partial charge on any atom is 0.414 e. The van der Waals surface area contributed by atoms with Crippen LogP contribution in [0.2, 0.25) is 0 Å². The number of para-hydroxylation sites is 1. The Morgan fingerprint density at radius 3 is 2.50 bits per heavy atom. The van der Waals surface area contributed by atoms with Crippen molar-refractivity contribution in [1.82, 2.24) is 14.5 Å². The lowest BCUT2D eigenvalue weighted by molar-refractivity contribution is 0.0487. The van der Waals surface area contributed by atoms with E-state index in [9.17, 15) is 23.1 Å². The number of aliphatic hydroxyl groups is 1. The number of aryl methyl sites for hydroxylation is 1. The smallest absolute Gasteiger partial charge is 0.414 e. The summed E-state index contributed by atoms with van der Waals surface area (Å²) in [4.78, 5) is 38.8. The van der Waals surface area contributed by atoms with Gasteiger partial charge < -0.3 is 14.7 Å². The van der Waals surface area contributed by atoms with Crippen molar-refractivity contribution in [3.63, 3.8) is 0 Å². The molecule has 0 saturated heterocycles. The first-order chi connectivity index (χ1) is 17.7. The molecule has 1 N–H and O–H groups in total. The lowest BCUT2D eigenvalue weighted by atomic mass is 9.89. The number of anilines is 3. The molecule has 0 bridgehead atoms. The van der Waals surface area contributed by atoms with Gasteiger partial charge in [-0.15, -0.1) is 0 Å². The molecule has 11 nitrogen and oxygen atoms in total. The second kappa shape index (κ2) is 9.05. The molecular weight excluding hydrogens is 510 g/mol. The molecule has 3 heterocycles. The summed E-state index contributed by atoms with van der Waals surface area (Å²) < 4.78 is 31.4. The molecule has 1 saturated carbocycles. The largest absolute Gasteiger partial charge is 0.443 e. The number of amides is 1. The van der Waals surface area contributed by atoms with Gasteiger partial charge in [0, 0.05) is 37.0 Å². The Morgan fingerprint density at radius 2 is 1.87 bits per heavy atom. The molecule has 38 heavy (non-hydrogen) atoms. The number of carbonyl (C=O) groups is 1. The van der Waals surface area contributed by atoms with Crippen LogP contribution in [0.5, 0.6) is 0 Å². The Balaban J connectivity index is 1.68. The lowest BCUT2D eigenvalue weighted by Crippen LogP contribution is -2.46. The zero-order chi connectivity index (χ0) is 27.6. The molecule has 0 radical (unpaired) electrons. The molecule has 0 spiro atoms. The molecule has 5 rings (SSSR count). The summed E-state index contributed by atoms with van der Waals surface area (Å²) >= 11 is 0. The molecule has 2 aliphatic rings. The quantitative estimate of drug-likeness (QED) is 0.496. The minimum Gasteiger partial charge on any atom is -0.443 e. The second-order valence-corrected chi connectivity index (χ2v) is 12.8. The van der Waals surface area contributed by atoms with Gasteiger partial charge in [0.25, 0.3) is 5.56 Å². The van der Waals surface area contributed by atoms with Crippen LogP contribution in [0, 0.1) is 6.92 Å². The van der Waals surface area contributed by atoms with Gasteiger partial charge in [-0.3, -0.25) is 14.3 Å². The molecule has 1 fully saturated rings. The Bertz CT molecular complexity index is 1600. The fourth-order valence-electron chi connectivity index (χ4n) is 4.97. The summed E-state index contributed by atoms with van der Waals surface area (Å²) in [5.74, 6) is 0. The van der Waals surface area contributed by atoms with Gasteiger partial charge in [0.15, 0.2) is 0 Å². The van der Waals surface area contributed by atoms with Crippen molar-refractivity contribution >= 4 is 44.0 Å². The molecule has 0 unspecified atom stereocenters. The van der Waals surface area contributed by atoms with Gasteiger partial charge in [-0.2, -0.15) is 4.98 Å². The van der Waals surface area contributed by atoms with E-state index in [1.165, 1.54) is 10.8 Å². The van der Waals surface area contributed by atoms with Gasteiger partial charge in [0.2, 0.25) is 15.0 Å². The third kappa shape index (κ3) is 4.62. The minimum atomic E-state index is -3.70. The van der Waals surface area contributed by atoms with Crippen LogP contribution in [0.1, 0.15) is 45.2 Å². The number of fused-ring (bicyclic) bond motifs is 2. The van der Waals surface area contributed by atoms with Crippen molar-refractivity contribution in [2.24, 2.45) is 0 Å². The van der Waals surface area contributed by atoms with Crippen LogP contribution in [0.4, 0.5) is 21.9 Å². The highest BCUT2D eigenvalue weighted by atomic mass is 32.2. The average molecular weight is 542 g/mol. The Morgan fingerprint density at radius 1 is 1.16 bits per heavy atom. The van der Waals surface area contributed by atoms with E-state index in [1.54, 1.807) is 11.0 Å². The molecular formula is C26H31N5O6S. The van der Waals surface area contributed by atoms with Gasteiger partial charge in [-0.1, -0.05) is 12.1 Å². The third-order valence-electron chi connectivity index (χ3n) is 6.75. The first-order valence-electron chi connectivity index (χ1n) is 12.4. The topological polar surface area (TPSA) is 135 Å². The van der Waals surface area contributed by atoms with Crippen molar-refractivity contribution in [1.29, 1.82) is 0 Å². The van der Waals surface area contributed by atoms with Gasteiger partial charge in [0.1, 0.15) is 16.9 Å². The van der Waals surface area contributed by atoms with Crippen molar-refractivity contribution in [3.8, 4) is 0 Å². The highest BCUT2D eigenvalue weighted by Gasteiger charge is 2.36. The van der Waals surface area contributed by atoms with E-state index >= 15 is 0 Å². The standard InChI is InChI=1S/C26H31N5O6S/c1-15-7-6-8-19-21(15)30(25(34)37-26(2,3)4)10-9-29(19)20-11-16-14-27-24(38(5,35)36)28-22(16)31(23(20)33)17-12-18(32)13-17/h6-8,11,14,17-18,32H,9-10,12-13H2,1-5H3. The number of aromatic nitrogens is 3. The van der Waals surface area contributed by atoms with Crippen LogP contribution in [0.15, 0.2) is 40.4 Å². The summed E-state index contributed by atoms with van der Waals surface area (Å²) in [7, 11) is -3.70. The molecule has 1 aromatic carbocycles. The number of sulfone groups is 1. The van der Waals surface area contributed by atoms with Gasteiger partial charge in [0.05, 0.1) is 17.5 Å². The Hall–Kier alpha value is -3.51. The first-order valence-corrected chi connectivity index (χ1v) is 14.3. The highest BCUT2D eigenvalue weighted by molar-refractivity contribution is 7.90. The van der Waals surface area contributed by atoms with E-state index < -0.39 is 27.6 Å². The third-order valence-corrected chi connectivity index (χ3v) is 7.61. The normalized spacial score (nSPS) is 19.7. The summed E-state index contributed by atoms with van der Waals surface area (Å²) in [5.41, 5.74) is 1.72. The number of aliphatic hydroxyl groups excluding tert-OH is 1. The summed E-state index contributed by atoms with van der Waals surface area (Å²) in [6.07, 6.45) is 2.14. The fourth-order valence-corrected chi connectivity index (χ4v) is 5.46. The van der Waals surface area contributed by atoms with E-state index in [2.05, 4.69) is 9.97 Å². The fraction of sp³-hybridized carbons (Fsp3) is 0.462. The van der Waals surface area contributed by atoms with Crippen molar-refractivity contribution < 1.29 is 23.1 Å². The molecule has 3 aromatic rings. The average Bonchev–Trinajstić information content (AvgIpc) is 2.80. The monoisotopic (exact) mass is 541 g/mol. The Kier molecular flexibility index (Phi) is 6.22. The lowest BCUT2D eigenvalue weighted by Gasteiger charge is -2.39. The van der Waals surface area contributed by atoms with Crippen LogP contribution in [0.25, 0.3) is 11.0 Å². The van der Waals surface area contributed by atoms with E-state index in [0.29, 0.717) is 41.8 Å².